The predicted octanol–water partition coefficient (Wildman–Crippen LogP) is 3.52. The van der Waals surface area contributed by atoms with Crippen LogP contribution in [0.15, 0.2) is 18.2 Å². The Kier molecular flexibility index (Phi) is 7.16. The molecule has 0 aliphatic carbocycles. The summed E-state index contributed by atoms with van der Waals surface area (Å²) in [7, 11) is 0. The fourth-order valence-corrected chi connectivity index (χ4v) is 2.54. The standard InChI is InChI=1S/C16H25F3N2O/c1-3-12(7-11(9-20)10-21)14-8-13(16(17,18)19)5-6-15(14)22-4-2/h5-6,8,11-12H,3-4,7,9-10,20-21H2,1-2H3. The normalized spacial score (nSPS) is 13.5. The number of nitrogens with two attached hydrogens (primary N) is 2. The van der Waals surface area contributed by atoms with Crippen LogP contribution in [-0.4, -0.2) is 19.7 Å². The number of hydrogen-bond donors (Lipinski definition) is 2. The van der Waals surface area contributed by atoms with E-state index in [0.717, 1.165) is 6.07 Å². The van der Waals surface area contributed by atoms with Gasteiger partial charge in [-0.2, -0.15) is 13.2 Å². The lowest BCUT2D eigenvalue weighted by atomic mass is 9.85. The van der Waals surface area contributed by atoms with Gasteiger partial charge in [-0.15, -0.1) is 0 Å². The van der Waals surface area contributed by atoms with Gasteiger partial charge in [0.05, 0.1) is 12.2 Å². The molecule has 1 aromatic rings. The minimum atomic E-state index is -4.36. The molecule has 3 nitrogen and oxygen atoms in total. The van der Waals surface area contributed by atoms with Gasteiger partial charge in [0, 0.05) is 0 Å². The fraction of sp³-hybridized carbons (Fsp3) is 0.625. The second-order valence-corrected chi connectivity index (χ2v) is 5.36. The van der Waals surface area contributed by atoms with Gasteiger partial charge in [0.15, 0.2) is 0 Å². The third kappa shape index (κ3) is 4.88. The van der Waals surface area contributed by atoms with Crippen LogP contribution < -0.4 is 16.2 Å². The molecule has 0 aromatic heterocycles. The van der Waals surface area contributed by atoms with E-state index in [2.05, 4.69) is 0 Å². The Balaban J connectivity index is 3.19. The van der Waals surface area contributed by atoms with Gasteiger partial charge in [0.25, 0.3) is 0 Å². The van der Waals surface area contributed by atoms with Gasteiger partial charge in [-0.1, -0.05) is 6.92 Å². The van der Waals surface area contributed by atoms with Gasteiger partial charge in [-0.25, -0.2) is 0 Å². The molecule has 0 radical (unpaired) electrons. The zero-order valence-corrected chi connectivity index (χ0v) is 13.1. The minimum absolute atomic E-state index is 0.0547. The summed E-state index contributed by atoms with van der Waals surface area (Å²) in [5.41, 5.74) is 11.3. The molecular weight excluding hydrogens is 293 g/mol. The first-order chi connectivity index (χ1) is 10.4. The van der Waals surface area contributed by atoms with Crippen LogP contribution >= 0.6 is 0 Å². The van der Waals surface area contributed by atoms with Crippen LogP contribution in [0.4, 0.5) is 13.2 Å². The van der Waals surface area contributed by atoms with Crippen LogP contribution in [0.5, 0.6) is 5.75 Å². The minimum Gasteiger partial charge on any atom is -0.494 e. The predicted molar refractivity (Wildman–Crippen MR) is 81.9 cm³/mol. The molecule has 126 valence electrons. The summed E-state index contributed by atoms with van der Waals surface area (Å²) in [5.74, 6) is 0.546. The highest BCUT2D eigenvalue weighted by molar-refractivity contribution is 5.41. The summed E-state index contributed by atoms with van der Waals surface area (Å²) < 4.78 is 44.4. The largest absolute Gasteiger partial charge is 0.494 e. The molecule has 0 fully saturated rings. The van der Waals surface area contributed by atoms with Gasteiger partial charge in [-0.3, -0.25) is 0 Å². The topological polar surface area (TPSA) is 61.3 Å². The van der Waals surface area contributed by atoms with E-state index in [1.807, 2.05) is 13.8 Å². The highest BCUT2D eigenvalue weighted by Gasteiger charge is 2.32. The van der Waals surface area contributed by atoms with E-state index in [9.17, 15) is 13.2 Å². The van der Waals surface area contributed by atoms with Crippen molar-refractivity contribution < 1.29 is 17.9 Å². The fourth-order valence-electron chi connectivity index (χ4n) is 2.54. The molecule has 22 heavy (non-hydrogen) atoms. The van der Waals surface area contributed by atoms with Crippen LogP contribution in [0.25, 0.3) is 0 Å². The van der Waals surface area contributed by atoms with E-state index in [-0.39, 0.29) is 11.8 Å². The van der Waals surface area contributed by atoms with Crippen molar-refractivity contribution >= 4 is 0 Å². The molecule has 0 spiro atoms. The number of hydrogen-bond acceptors (Lipinski definition) is 3. The molecule has 6 heteroatoms. The Labute approximate surface area is 129 Å². The maximum atomic E-state index is 13.0. The highest BCUT2D eigenvalue weighted by atomic mass is 19.4. The molecule has 0 aliphatic heterocycles. The van der Waals surface area contributed by atoms with Crippen LogP contribution in [-0.2, 0) is 6.18 Å². The summed E-state index contributed by atoms with van der Waals surface area (Å²) in [5, 5.41) is 0. The first-order valence-corrected chi connectivity index (χ1v) is 7.61. The summed E-state index contributed by atoms with van der Waals surface area (Å²) in [6.07, 6.45) is -3.00. The van der Waals surface area contributed by atoms with Gasteiger partial charge < -0.3 is 16.2 Å². The van der Waals surface area contributed by atoms with Gasteiger partial charge in [0.2, 0.25) is 0 Å². The van der Waals surface area contributed by atoms with Crippen molar-refractivity contribution in [3.8, 4) is 5.75 Å². The summed E-state index contributed by atoms with van der Waals surface area (Å²) in [6, 6.07) is 3.66. The lowest BCUT2D eigenvalue weighted by molar-refractivity contribution is -0.137. The average molecular weight is 318 g/mol. The van der Waals surface area contributed by atoms with E-state index in [4.69, 9.17) is 16.2 Å². The Morgan fingerprint density at radius 3 is 2.23 bits per heavy atom. The zero-order chi connectivity index (χ0) is 16.8. The molecular formula is C16H25F3N2O. The van der Waals surface area contributed by atoms with Gasteiger partial charge in [0.1, 0.15) is 5.75 Å². The molecule has 0 aliphatic rings. The van der Waals surface area contributed by atoms with E-state index in [1.165, 1.54) is 12.1 Å². The van der Waals surface area contributed by atoms with Crippen molar-refractivity contribution in [2.45, 2.75) is 38.8 Å². The third-order valence-electron chi connectivity index (χ3n) is 3.85. The molecule has 4 N–H and O–H groups in total. The van der Waals surface area contributed by atoms with Crippen LogP contribution in [0.1, 0.15) is 43.7 Å². The molecule has 1 atom stereocenters. The molecule has 0 bridgehead atoms. The third-order valence-corrected chi connectivity index (χ3v) is 3.85. The van der Waals surface area contributed by atoms with Crippen molar-refractivity contribution in [3.63, 3.8) is 0 Å². The maximum absolute atomic E-state index is 13.0. The molecule has 1 rings (SSSR count). The molecule has 0 heterocycles. The zero-order valence-electron chi connectivity index (χ0n) is 13.1. The quantitative estimate of drug-likeness (QED) is 0.771. The summed E-state index contributed by atoms with van der Waals surface area (Å²) in [4.78, 5) is 0. The lowest BCUT2D eigenvalue weighted by Gasteiger charge is -2.24. The monoisotopic (exact) mass is 318 g/mol. The van der Waals surface area contributed by atoms with Crippen molar-refractivity contribution in [2.24, 2.45) is 17.4 Å². The Hall–Kier alpha value is -1.27. The Morgan fingerprint density at radius 1 is 1.14 bits per heavy atom. The Bertz CT molecular complexity index is 459. The number of alkyl halides is 3. The van der Waals surface area contributed by atoms with Crippen LogP contribution in [0.2, 0.25) is 0 Å². The lowest BCUT2D eigenvalue weighted by Crippen LogP contribution is -2.25. The van der Waals surface area contributed by atoms with Crippen molar-refractivity contribution in [1.82, 2.24) is 0 Å². The first-order valence-electron chi connectivity index (χ1n) is 7.61. The van der Waals surface area contributed by atoms with Crippen LogP contribution in [0.3, 0.4) is 0 Å². The number of benzene rings is 1. The molecule has 0 amide bonds. The molecule has 0 saturated carbocycles. The number of ether oxygens (including phenoxy) is 1. The van der Waals surface area contributed by atoms with Gasteiger partial charge >= 0.3 is 6.18 Å². The summed E-state index contributed by atoms with van der Waals surface area (Å²) >= 11 is 0. The molecule has 1 aromatic carbocycles. The van der Waals surface area contributed by atoms with Crippen LogP contribution in [0, 0.1) is 5.92 Å². The average Bonchev–Trinajstić information content (AvgIpc) is 2.48. The smallest absolute Gasteiger partial charge is 0.416 e. The van der Waals surface area contributed by atoms with E-state index in [1.54, 1.807) is 0 Å². The molecule has 1 unspecified atom stereocenters. The Morgan fingerprint density at radius 2 is 1.77 bits per heavy atom. The maximum Gasteiger partial charge on any atom is 0.416 e. The second-order valence-electron chi connectivity index (χ2n) is 5.36. The SMILES string of the molecule is CCOc1ccc(C(F)(F)F)cc1C(CC)CC(CN)CN. The van der Waals surface area contributed by atoms with Gasteiger partial charge in [-0.05, 0) is 68.5 Å². The van der Waals surface area contributed by atoms with Crippen molar-refractivity contribution in [1.29, 1.82) is 0 Å². The number of halogens is 3. The van der Waals surface area contributed by atoms with E-state index in [0.29, 0.717) is 43.9 Å². The van der Waals surface area contributed by atoms with E-state index >= 15 is 0 Å². The van der Waals surface area contributed by atoms with Crippen molar-refractivity contribution in [2.75, 3.05) is 19.7 Å². The molecule has 0 saturated heterocycles. The second kappa shape index (κ2) is 8.39. The van der Waals surface area contributed by atoms with Crippen molar-refractivity contribution in [3.05, 3.63) is 29.3 Å². The summed E-state index contributed by atoms with van der Waals surface area (Å²) in [6.45, 7) is 5.02. The van der Waals surface area contributed by atoms with E-state index < -0.39 is 11.7 Å². The number of rotatable bonds is 8. The first kappa shape index (κ1) is 18.8. The highest BCUT2D eigenvalue weighted by Crippen LogP contribution is 2.38.